The second kappa shape index (κ2) is 10.1. The number of amides is 1. The monoisotopic (exact) mass is 530 g/mol. The third kappa shape index (κ3) is 6.31. The van der Waals surface area contributed by atoms with E-state index in [1.165, 1.54) is 6.07 Å². The molecule has 8 nitrogen and oxygen atoms in total. The molecule has 164 valence electrons. The zero-order valence-electron chi connectivity index (χ0n) is 17.6. The van der Waals surface area contributed by atoms with Crippen molar-refractivity contribution in [3.8, 4) is 5.69 Å². The van der Waals surface area contributed by atoms with Gasteiger partial charge in [0.15, 0.2) is 5.96 Å². The van der Waals surface area contributed by atoms with Gasteiger partial charge in [0.05, 0.1) is 18.1 Å². The Morgan fingerprint density at radius 3 is 2.67 bits per heavy atom. The van der Waals surface area contributed by atoms with Crippen LogP contribution < -0.4 is 10.6 Å². The Labute approximate surface area is 192 Å². The summed E-state index contributed by atoms with van der Waals surface area (Å²) in [6.07, 6.45) is 4.55. The van der Waals surface area contributed by atoms with E-state index < -0.39 is 5.60 Å². The summed E-state index contributed by atoms with van der Waals surface area (Å²) in [4.78, 5) is 21.7. The highest BCUT2D eigenvalue weighted by Gasteiger charge is 2.34. The van der Waals surface area contributed by atoms with Gasteiger partial charge >= 0.3 is 6.09 Å². The van der Waals surface area contributed by atoms with E-state index in [4.69, 9.17) is 4.74 Å². The van der Waals surface area contributed by atoms with Crippen LogP contribution in [0, 0.1) is 5.82 Å². The molecule has 30 heavy (non-hydrogen) atoms. The lowest BCUT2D eigenvalue weighted by atomic mass is 10.1. The number of ether oxygens (including phenoxy) is 1. The van der Waals surface area contributed by atoms with E-state index in [0.29, 0.717) is 31.3 Å². The molecule has 0 spiro atoms. The highest BCUT2D eigenvalue weighted by Crippen LogP contribution is 2.16. The Morgan fingerprint density at radius 2 is 2.10 bits per heavy atom. The number of rotatable bonds is 4. The molecule has 2 N–H and O–H groups in total. The largest absolute Gasteiger partial charge is 0.444 e. The highest BCUT2D eigenvalue weighted by molar-refractivity contribution is 14.0. The lowest BCUT2D eigenvalue weighted by Crippen LogP contribution is -2.63. The molecule has 1 fully saturated rings. The van der Waals surface area contributed by atoms with Crippen LogP contribution in [0.15, 0.2) is 41.9 Å². The molecule has 2 heterocycles. The van der Waals surface area contributed by atoms with Crippen molar-refractivity contribution < 1.29 is 13.9 Å². The highest BCUT2D eigenvalue weighted by atomic mass is 127. The van der Waals surface area contributed by atoms with Gasteiger partial charge in [-0.1, -0.05) is 6.07 Å². The molecule has 2 aromatic rings. The van der Waals surface area contributed by atoms with Gasteiger partial charge in [0.25, 0.3) is 0 Å². The standard InChI is InChI=1S/C20H27FN6O2.HI/c1-20(2,3)29-19(28)27-11-15(12-27)25-18(22-4)24-10-14-5-6-17(16(21)9-14)26-8-7-23-13-26;/h5-9,13,15H,10-12H2,1-4H3,(H2,22,24,25);1H. The maximum absolute atomic E-state index is 14.4. The number of aromatic nitrogens is 2. The molecular weight excluding hydrogens is 502 g/mol. The first-order valence-electron chi connectivity index (χ1n) is 9.47. The number of likely N-dealkylation sites (tertiary alicyclic amines) is 1. The topological polar surface area (TPSA) is 83.8 Å². The van der Waals surface area contributed by atoms with Crippen LogP contribution in [0.5, 0.6) is 0 Å². The summed E-state index contributed by atoms with van der Waals surface area (Å²) in [6.45, 7) is 7.04. The molecule has 0 unspecified atom stereocenters. The van der Waals surface area contributed by atoms with Gasteiger partial charge < -0.3 is 24.8 Å². The van der Waals surface area contributed by atoms with Crippen LogP contribution in [0.2, 0.25) is 0 Å². The molecule has 0 atom stereocenters. The fourth-order valence-corrected chi connectivity index (χ4v) is 2.89. The summed E-state index contributed by atoms with van der Waals surface area (Å²) in [5, 5.41) is 6.42. The molecule has 1 aliphatic rings. The number of hydrogen-bond acceptors (Lipinski definition) is 4. The lowest BCUT2D eigenvalue weighted by molar-refractivity contribution is 0.00701. The van der Waals surface area contributed by atoms with E-state index in [-0.39, 0.29) is 41.9 Å². The number of aliphatic imine (C=N–C) groups is 1. The van der Waals surface area contributed by atoms with Crippen LogP contribution in [-0.4, -0.2) is 58.3 Å². The van der Waals surface area contributed by atoms with E-state index in [2.05, 4.69) is 20.6 Å². The van der Waals surface area contributed by atoms with Crippen molar-refractivity contribution in [2.75, 3.05) is 20.1 Å². The van der Waals surface area contributed by atoms with Crippen LogP contribution in [0.3, 0.4) is 0 Å². The quantitative estimate of drug-likeness (QED) is 0.361. The van der Waals surface area contributed by atoms with Crippen molar-refractivity contribution in [1.82, 2.24) is 25.1 Å². The van der Waals surface area contributed by atoms with Crippen LogP contribution in [0.25, 0.3) is 5.69 Å². The minimum absolute atomic E-state index is 0. The lowest BCUT2D eigenvalue weighted by Gasteiger charge is -2.40. The van der Waals surface area contributed by atoms with Crippen LogP contribution in [-0.2, 0) is 11.3 Å². The van der Waals surface area contributed by atoms with Gasteiger partial charge in [-0.2, -0.15) is 0 Å². The number of hydrogen-bond donors (Lipinski definition) is 2. The number of imidazole rings is 1. The first-order valence-corrected chi connectivity index (χ1v) is 9.47. The first kappa shape index (κ1) is 23.9. The van der Waals surface area contributed by atoms with Gasteiger partial charge in [-0.3, -0.25) is 4.99 Å². The van der Waals surface area contributed by atoms with Crippen molar-refractivity contribution in [3.63, 3.8) is 0 Å². The molecule has 10 heteroatoms. The first-order chi connectivity index (χ1) is 13.7. The van der Waals surface area contributed by atoms with Gasteiger partial charge in [0, 0.05) is 39.1 Å². The molecular formula is C20H28FIN6O2. The zero-order valence-corrected chi connectivity index (χ0v) is 19.9. The number of carbonyl (C=O) groups is 1. The third-order valence-corrected chi connectivity index (χ3v) is 4.35. The van der Waals surface area contributed by atoms with E-state index in [0.717, 1.165) is 5.56 Å². The molecule has 0 saturated carbocycles. The normalized spacial score (nSPS) is 14.6. The Balaban J connectivity index is 0.00000320. The van der Waals surface area contributed by atoms with E-state index in [1.54, 1.807) is 41.3 Å². The van der Waals surface area contributed by atoms with Crippen LogP contribution in [0.1, 0.15) is 26.3 Å². The maximum atomic E-state index is 14.4. The summed E-state index contributed by atoms with van der Waals surface area (Å²) in [5.74, 6) is 0.273. The molecule has 3 rings (SSSR count). The molecule has 0 radical (unpaired) electrons. The third-order valence-electron chi connectivity index (χ3n) is 4.35. The van der Waals surface area contributed by atoms with Crippen LogP contribution >= 0.6 is 24.0 Å². The summed E-state index contributed by atoms with van der Waals surface area (Å²) >= 11 is 0. The molecule has 0 bridgehead atoms. The van der Waals surface area contributed by atoms with Crippen molar-refractivity contribution in [1.29, 1.82) is 0 Å². The van der Waals surface area contributed by atoms with Gasteiger partial charge in [0.2, 0.25) is 0 Å². The average molecular weight is 530 g/mol. The SMILES string of the molecule is CN=C(NCc1ccc(-n2ccnc2)c(F)c1)NC1CN(C(=O)OC(C)(C)C)C1.I. The fraction of sp³-hybridized carbons (Fsp3) is 0.450. The number of nitrogens with zero attached hydrogens (tertiary/aromatic N) is 4. The molecule has 1 aromatic carbocycles. The average Bonchev–Trinajstić information content (AvgIpc) is 3.13. The number of nitrogens with one attached hydrogen (secondary N) is 2. The van der Waals surface area contributed by atoms with Gasteiger partial charge in [-0.25, -0.2) is 14.2 Å². The molecule has 1 aliphatic heterocycles. The Hall–Kier alpha value is -2.37. The maximum Gasteiger partial charge on any atom is 0.410 e. The minimum Gasteiger partial charge on any atom is -0.444 e. The molecule has 1 saturated heterocycles. The van der Waals surface area contributed by atoms with Crippen LogP contribution in [0.4, 0.5) is 9.18 Å². The Kier molecular flexibility index (Phi) is 8.04. The minimum atomic E-state index is -0.504. The summed E-state index contributed by atoms with van der Waals surface area (Å²) in [5.41, 5.74) is 0.736. The number of carbonyl (C=O) groups excluding carboxylic acids is 1. The zero-order chi connectivity index (χ0) is 21.0. The van der Waals surface area contributed by atoms with Gasteiger partial charge in [0.1, 0.15) is 11.4 Å². The van der Waals surface area contributed by atoms with E-state index in [9.17, 15) is 9.18 Å². The summed E-state index contributed by atoms with van der Waals surface area (Å²) < 4.78 is 21.3. The number of halogens is 2. The van der Waals surface area contributed by atoms with Crippen molar-refractivity contribution in [3.05, 3.63) is 48.3 Å². The number of guanidine groups is 1. The Bertz CT molecular complexity index is 876. The molecule has 1 amide bonds. The molecule has 0 aliphatic carbocycles. The van der Waals surface area contributed by atoms with Crippen molar-refractivity contribution in [2.45, 2.75) is 39.0 Å². The fourth-order valence-electron chi connectivity index (χ4n) is 2.89. The predicted molar refractivity (Wildman–Crippen MR) is 124 cm³/mol. The summed E-state index contributed by atoms with van der Waals surface area (Å²) in [7, 11) is 1.67. The Morgan fingerprint density at radius 1 is 1.37 bits per heavy atom. The van der Waals surface area contributed by atoms with Gasteiger partial charge in [-0.05, 0) is 38.5 Å². The molecule has 1 aromatic heterocycles. The van der Waals surface area contributed by atoms with Crippen molar-refractivity contribution >= 4 is 36.0 Å². The second-order valence-electron chi connectivity index (χ2n) is 7.91. The summed E-state index contributed by atoms with van der Waals surface area (Å²) in [6, 6.07) is 5.15. The van der Waals surface area contributed by atoms with E-state index in [1.807, 2.05) is 26.8 Å². The smallest absolute Gasteiger partial charge is 0.410 e. The second-order valence-corrected chi connectivity index (χ2v) is 7.91. The van der Waals surface area contributed by atoms with E-state index >= 15 is 0 Å². The van der Waals surface area contributed by atoms with Crippen molar-refractivity contribution in [2.24, 2.45) is 4.99 Å². The number of benzene rings is 1. The predicted octanol–water partition coefficient (Wildman–Crippen LogP) is 2.91. The van der Waals surface area contributed by atoms with Gasteiger partial charge in [-0.15, -0.1) is 24.0 Å².